The topological polar surface area (TPSA) is 29.0 Å². The van der Waals surface area contributed by atoms with Crippen molar-refractivity contribution in [1.82, 2.24) is 9.97 Å². The van der Waals surface area contributed by atoms with Crippen LogP contribution in [0.3, 0.4) is 0 Å². The van der Waals surface area contributed by atoms with Crippen molar-refractivity contribution in [2.24, 2.45) is 5.92 Å². The summed E-state index contributed by atoms with van der Waals surface area (Å²) in [6.45, 7) is 2.67. The molecular weight excluding hydrogens is 236 g/mol. The van der Waals surface area contributed by atoms with Gasteiger partial charge >= 0.3 is 0 Å². The van der Waals surface area contributed by atoms with Gasteiger partial charge in [-0.3, -0.25) is 0 Å². The fraction of sp³-hybridized carbons (Fsp3) is 0.600. The van der Waals surface area contributed by atoms with Gasteiger partial charge in [0.05, 0.1) is 0 Å². The smallest absolute Gasteiger partial charge is 0.243 e. The van der Waals surface area contributed by atoms with Crippen LogP contribution in [0.1, 0.15) is 12.2 Å². The van der Waals surface area contributed by atoms with Crippen molar-refractivity contribution in [1.29, 1.82) is 0 Å². The Balaban J connectivity index is 2.14. The van der Waals surface area contributed by atoms with E-state index in [1.54, 1.807) is 13.0 Å². The highest BCUT2D eigenvalue weighted by Crippen LogP contribution is 2.27. The Labute approximate surface area is 97.4 Å². The van der Waals surface area contributed by atoms with Gasteiger partial charge in [-0.15, -0.1) is 0 Å². The number of halogens is 3. The number of rotatable bonds is 2. The fourth-order valence-corrected chi connectivity index (χ4v) is 2.10. The van der Waals surface area contributed by atoms with Crippen LogP contribution in [0.25, 0.3) is 0 Å². The molecule has 6 heteroatoms. The lowest BCUT2D eigenvalue weighted by molar-refractivity contribution is 0.0880. The third-order valence-corrected chi connectivity index (χ3v) is 2.89. The molecular formula is C10H12ClF2N3. The van der Waals surface area contributed by atoms with Crippen molar-refractivity contribution in [3.05, 3.63) is 17.0 Å². The Morgan fingerprint density at radius 3 is 2.81 bits per heavy atom. The van der Waals surface area contributed by atoms with Gasteiger partial charge in [0.1, 0.15) is 16.8 Å². The van der Waals surface area contributed by atoms with Gasteiger partial charge in [0, 0.05) is 25.1 Å². The third kappa shape index (κ3) is 2.40. The van der Waals surface area contributed by atoms with Gasteiger partial charge in [-0.25, -0.2) is 18.7 Å². The molecule has 0 spiro atoms. The lowest BCUT2D eigenvalue weighted by atomic mass is 10.1. The first-order valence-electron chi connectivity index (χ1n) is 5.10. The zero-order valence-electron chi connectivity index (χ0n) is 8.83. The highest BCUT2D eigenvalue weighted by Gasteiger charge is 2.30. The minimum Gasteiger partial charge on any atom is -0.356 e. The van der Waals surface area contributed by atoms with Crippen LogP contribution in [-0.2, 0) is 0 Å². The summed E-state index contributed by atoms with van der Waals surface area (Å²) in [5.41, 5.74) is 0. The van der Waals surface area contributed by atoms with Crippen molar-refractivity contribution in [3.8, 4) is 0 Å². The minimum atomic E-state index is -2.26. The monoisotopic (exact) mass is 247 g/mol. The standard InChI is InChI=1S/C10H12ClF2N3/c1-6-14-8(11)4-9(15-6)16-3-2-7(5-16)10(12)13/h4,7,10H,2-3,5H2,1H3. The first-order chi connectivity index (χ1) is 7.56. The molecule has 0 aliphatic carbocycles. The maximum absolute atomic E-state index is 12.5. The van der Waals surface area contributed by atoms with Crippen LogP contribution in [-0.4, -0.2) is 29.5 Å². The summed E-state index contributed by atoms with van der Waals surface area (Å²) >= 11 is 5.80. The molecule has 1 aromatic heterocycles. The maximum atomic E-state index is 12.5. The van der Waals surface area contributed by atoms with Crippen molar-refractivity contribution < 1.29 is 8.78 Å². The molecule has 1 aliphatic heterocycles. The van der Waals surface area contributed by atoms with Crippen LogP contribution >= 0.6 is 11.6 Å². The average molecular weight is 248 g/mol. The highest BCUT2D eigenvalue weighted by molar-refractivity contribution is 6.29. The summed E-state index contributed by atoms with van der Waals surface area (Å²) in [6, 6.07) is 1.61. The van der Waals surface area contributed by atoms with Crippen LogP contribution in [0.15, 0.2) is 6.07 Å². The molecule has 1 aliphatic rings. The number of hydrogen-bond donors (Lipinski definition) is 0. The van der Waals surface area contributed by atoms with E-state index in [1.165, 1.54) is 0 Å². The van der Waals surface area contributed by atoms with E-state index >= 15 is 0 Å². The molecule has 3 nitrogen and oxygen atoms in total. The molecule has 0 N–H and O–H groups in total. The summed E-state index contributed by atoms with van der Waals surface area (Å²) in [5.74, 6) is 0.637. The second-order valence-corrected chi connectivity index (χ2v) is 4.31. The largest absolute Gasteiger partial charge is 0.356 e. The molecule has 88 valence electrons. The Hall–Kier alpha value is -0.970. The summed E-state index contributed by atoms with van der Waals surface area (Å²) in [7, 11) is 0. The second-order valence-electron chi connectivity index (χ2n) is 3.93. The molecule has 1 fully saturated rings. The summed E-state index contributed by atoms with van der Waals surface area (Å²) in [6.07, 6.45) is -1.76. The number of anilines is 1. The summed E-state index contributed by atoms with van der Waals surface area (Å²) in [4.78, 5) is 9.97. The number of aryl methyl sites for hydroxylation is 1. The molecule has 0 saturated carbocycles. The van der Waals surface area contributed by atoms with E-state index in [-0.39, 0.29) is 0 Å². The predicted octanol–water partition coefficient (Wildman–Crippen LogP) is 2.53. The Morgan fingerprint density at radius 1 is 1.50 bits per heavy atom. The van der Waals surface area contributed by atoms with Crippen LogP contribution in [0.5, 0.6) is 0 Å². The van der Waals surface area contributed by atoms with Gasteiger partial charge in [-0.1, -0.05) is 11.6 Å². The second kappa shape index (κ2) is 4.49. The fourth-order valence-electron chi connectivity index (χ4n) is 1.88. The van der Waals surface area contributed by atoms with Crippen LogP contribution in [0.2, 0.25) is 5.15 Å². The van der Waals surface area contributed by atoms with Crippen molar-refractivity contribution in [2.75, 3.05) is 18.0 Å². The lowest BCUT2D eigenvalue weighted by Crippen LogP contribution is -2.23. The van der Waals surface area contributed by atoms with E-state index in [0.29, 0.717) is 36.3 Å². The van der Waals surface area contributed by atoms with Crippen molar-refractivity contribution in [2.45, 2.75) is 19.8 Å². The first kappa shape index (κ1) is 11.5. The molecule has 1 unspecified atom stereocenters. The molecule has 0 radical (unpaired) electrons. The summed E-state index contributed by atoms with van der Waals surface area (Å²) < 4.78 is 25.0. The minimum absolute atomic E-state index is 0.338. The van der Waals surface area contributed by atoms with E-state index in [2.05, 4.69) is 9.97 Å². The lowest BCUT2D eigenvalue weighted by Gasteiger charge is -2.17. The summed E-state index contributed by atoms with van der Waals surface area (Å²) in [5, 5.41) is 0.350. The molecule has 0 bridgehead atoms. The van der Waals surface area contributed by atoms with Gasteiger partial charge < -0.3 is 4.90 Å². The normalized spacial score (nSPS) is 20.8. The molecule has 1 atom stereocenters. The van der Waals surface area contributed by atoms with E-state index in [0.717, 1.165) is 0 Å². The van der Waals surface area contributed by atoms with Crippen LogP contribution < -0.4 is 4.90 Å². The first-order valence-corrected chi connectivity index (χ1v) is 5.48. The molecule has 0 amide bonds. The van der Waals surface area contributed by atoms with Gasteiger partial charge in [-0.2, -0.15) is 0 Å². The van der Waals surface area contributed by atoms with E-state index in [9.17, 15) is 8.78 Å². The van der Waals surface area contributed by atoms with Crippen molar-refractivity contribution >= 4 is 17.4 Å². The molecule has 0 aromatic carbocycles. The molecule has 1 aromatic rings. The quantitative estimate of drug-likeness (QED) is 0.752. The average Bonchev–Trinajstić information content (AvgIpc) is 2.64. The van der Waals surface area contributed by atoms with E-state index in [1.807, 2.05) is 4.90 Å². The molecule has 1 saturated heterocycles. The molecule has 2 heterocycles. The number of alkyl halides is 2. The molecule has 16 heavy (non-hydrogen) atoms. The zero-order chi connectivity index (χ0) is 11.7. The van der Waals surface area contributed by atoms with Gasteiger partial charge in [0.15, 0.2) is 0 Å². The van der Waals surface area contributed by atoms with Crippen LogP contribution in [0.4, 0.5) is 14.6 Å². The molecule has 2 rings (SSSR count). The zero-order valence-corrected chi connectivity index (χ0v) is 9.58. The predicted molar refractivity (Wildman–Crippen MR) is 58.1 cm³/mol. The number of hydrogen-bond acceptors (Lipinski definition) is 3. The van der Waals surface area contributed by atoms with Crippen molar-refractivity contribution in [3.63, 3.8) is 0 Å². The highest BCUT2D eigenvalue weighted by atomic mass is 35.5. The SMILES string of the molecule is Cc1nc(Cl)cc(N2CCC(C(F)F)C2)n1. The van der Waals surface area contributed by atoms with E-state index < -0.39 is 12.3 Å². The maximum Gasteiger partial charge on any atom is 0.243 e. The van der Waals surface area contributed by atoms with Gasteiger partial charge in [-0.05, 0) is 13.3 Å². The van der Waals surface area contributed by atoms with Crippen LogP contribution in [0, 0.1) is 12.8 Å². The van der Waals surface area contributed by atoms with E-state index in [4.69, 9.17) is 11.6 Å². The van der Waals surface area contributed by atoms with Gasteiger partial charge in [0.25, 0.3) is 0 Å². The Bertz CT molecular complexity index is 366. The number of aromatic nitrogens is 2. The Morgan fingerprint density at radius 2 is 2.25 bits per heavy atom. The number of nitrogens with zero attached hydrogens (tertiary/aromatic N) is 3. The Kier molecular flexibility index (Phi) is 3.23. The third-order valence-electron chi connectivity index (χ3n) is 2.70. The van der Waals surface area contributed by atoms with Gasteiger partial charge in [0.2, 0.25) is 6.43 Å².